The molecule has 23 heavy (non-hydrogen) atoms. The zero-order valence-electron chi connectivity index (χ0n) is 12.4. The number of nitrogens with two attached hydrogens (primary N) is 1. The van der Waals surface area contributed by atoms with Gasteiger partial charge in [-0.1, -0.05) is 0 Å². The molecule has 0 aromatic heterocycles. The van der Waals surface area contributed by atoms with E-state index < -0.39 is 39.2 Å². The highest BCUT2D eigenvalue weighted by molar-refractivity contribution is 7.89. The van der Waals surface area contributed by atoms with Gasteiger partial charge in [-0.3, -0.25) is 4.79 Å². The number of sulfonamides is 1. The third-order valence-corrected chi connectivity index (χ3v) is 5.98. The third kappa shape index (κ3) is 3.35. The molecular formula is C14H17FN2O5S. The highest BCUT2D eigenvalue weighted by Crippen LogP contribution is 2.28. The van der Waals surface area contributed by atoms with Gasteiger partial charge in [-0.05, 0) is 38.0 Å². The molecule has 126 valence electrons. The number of piperidine rings is 1. The molecule has 2 unspecified atom stereocenters. The molecule has 1 saturated heterocycles. The lowest BCUT2D eigenvalue weighted by Crippen LogP contribution is -2.48. The summed E-state index contributed by atoms with van der Waals surface area (Å²) in [5.41, 5.74) is 4.64. The van der Waals surface area contributed by atoms with Crippen LogP contribution in [0.5, 0.6) is 0 Å². The maximum Gasteiger partial charge on any atom is 0.338 e. The lowest BCUT2D eigenvalue weighted by Gasteiger charge is -2.35. The first-order valence-electron chi connectivity index (χ1n) is 6.98. The maximum absolute atomic E-state index is 13.8. The first-order chi connectivity index (χ1) is 10.6. The van der Waals surface area contributed by atoms with E-state index in [2.05, 4.69) is 0 Å². The highest BCUT2D eigenvalue weighted by Gasteiger charge is 2.37. The fourth-order valence-electron chi connectivity index (χ4n) is 2.61. The number of carbonyl (C=O) groups is 2. The third-order valence-electron chi connectivity index (χ3n) is 4.00. The Morgan fingerprint density at radius 2 is 2.00 bits per heavy atom. The van der Waals surface area contributed by atoms with Crippen LogP contribution in [0.2, 0.25) is 0 Å². The molecule has 0 saturated carbocycles. The summed E-state index contributed by atoms with van der Waals surface area (Å²) in [5, 5.41) is 8.79. The molecule has 7 nitrogen and oxygen atoms in total. The number of carboxylic acids is 1. The Labute approximate surface area is 132 Å². The van der Waals surface area contributed by atoms with Crippen LogP contribution in [0.3, 0.4) is 0 Å². The van der Waals surface area contributed by atoms with Gasteiger partial charge < -0.3 is 10.8 Å². The summed E-state index contributed by atoms with van der Waals surface area (Å²) < 4.78 is 40.2. The topological polar surface area (TPSA) is 118 Å². The quantitative estimate of drug-likeness (QED) is 0.837. The summed E-state index contributed by atoms with van der Waals surface area (Å²) in [6.07, 6.45) is 0.956. The van der Waals surface area contributed by atoms with Crippen molar-refractivity contribution in [1.29, 1.82) is 0 Å². The molecule has 1 heterocycles. The van der Waals surface area contributed by atoms with Crippen molar-refractivity contribution in [3.8, 4) is 0 Å². The lowest BCUT2D eigenvalue weighted by atomic mass is 9.95. The van der Waals surface area contributed by atoms with Gasteiger partial charge in [0.1, 0.15) is 5.82 Å². The summed E-state index contributed by atoms with van der Waals surface area (Å²) in [5.74, 6) is -3.78. The number of benzene rings is 1. The number of rotatable bonds is 4. The Morgan fingerprint density at radius 1 is 1.35 bits per heavy atom. The van der Waals surface area contributed by atoms with Crippen LogP contribution in [0, 0.1) is 11.7 Å². The average Bonchev–Trinajstić information content (AvgIpc) is 2.46. The molecule has 9 heteroatoms. The minimum Gasteiger partial charge on any atom is -0.478 e. The van der Waals surface area contributed by atoms with E-state index in [0.717, 1.165) is 16.4 Å². The number of aromatic carboxylic acids is 1. The van der Waals surface area contributed by atoms with Gasteiger partial charge >= 0.3 is 5.97 Å². The largest absolute Gasteiger partial charge is 0.478 e. The van der Waals surface area contributed by atoms with Gasteiger partial charge in [-0.2, -0.15) is 4.31 Å². The molecule has 0 spiro atoms. The lowest BCUT2D eigenvalue weighted by molar-refractivity contribution is -0.123. The molecular weight excluding hydrogens is 327 g/mol. The number of hydrogen-bond acceptors (Lipinski definition) is 4. The van der Waals surface area contributed by atoms with Crippen molar-refractivity contribution in [2.75, 3.05) is 6.54 Å². The Morgan fingerprint density at radius 3 is 2.52 bits per heavy atom. The second-order valence-electron chi connectivity index (χ2n) is 5.55. The van der Waals surface area contributed by atoms with E-state index in [9.17, 15) is 22.4 Å². The van der Waals surface area contributed by atoms with Crippen LogP contribution in [-0.4, -0.2) is 42.3 Å². The average molecular weight is 344 g/mol. The summed E-state index contributed by atoms with van der Waals surface area (Å²) in [6.45, 7) is 1.62. The van der Waals surface area contributed by atoms with Crippen molar-refractivity contribution < 1.29 is 27.5 Å². The van der Waals surface area contributed by atoms with E-state index >= 15 is 0 Å². The first kappa shape index (κ1) is 17.4. The maximum atomic E-state index is 13.8. The van der Waals surface area contributed by atoms with E-state index in [0.29, 0.717) is 18.9 Å². The van der Waals surface area contributed by atoms with E-state index in [1.165, 1.54) is 0 Å². The minimum absolute atomic E-state index is 0.0683. The van der Waals surface area contributed by atoms with Gasteiger partial charge in [-0.25, -0.2) is 17.6 Å². The van der Waals surface area contributed by atoms with Crippen molar-refractivity contribution in [3.05, 3.63) is 29.6 Å². The van der Waals surface area contributed by atoms with Crippen LogP contribution >= 0.6 is 0 Å². The SMILES string of the molecule is CC1CCC(C(N)=O)CN1S(=O)(=O)c1ccc(C(=O)O)c(F)c1. The standard InChI is InChI=1S/C14H17FN2O5S/c1-8-2-3-9(13(16)18)7-17(8)23(21,22)10-4-5-11(14(19)20)12(15)6-10/h4-6,8-9H,2-3,7H2,1H3,(H2,16,18)(H,19,20). The van der Waals surface area contributed by atoms with Crippen molar-refractivity contribution in [2.45, 2.75) is 30.7 Å². The van der Waals surface area contributed by atoms with E-state index in [4.69, 9.17) is 10.8 Å². The van der Waals surface area contributed by atoms with Crippen LogP contribution in [0.15, 0.2) is 23.1 Å². The molecule has 0 radical (unpaired) electrons. The minimum atomic E-state index is -4.05. The van der Waals surface area contributed by atoms with E-state index in [1.807, 2.05) is 0 Å². The molecule has 0 bridgehead atoms. The molecule has 1 amide bonds. The normalized spacial score (nSPS) is 22.7. The molecule has 2 atom stereocenters. The van der Waals surface area contributed by atoms with Gasteiger partial charge in [0.2, 0.25) is 15.9 Å². The Bertz CT molecular complexity index is 750. The zero-order valence-corrected chi connectivity index (χ0v) is 13.2. The summed E-state index contributed by atoms with van der Waals surface area (Å²) in [4.78, 5) is 21.8. The van der Waals surface area contributed by atoms with Crippen LogP contribution in [-0.2, 0) is 14.8 Å². The predicted octanol–water partition coefficient (Wildman–Crippen LogP) is 0.798. The Kier molecular flexibility index (Phi) is 4.71. The molecule has 2 rings (SSSR count). The predicted molar refractivity (Wildman–Crippen MR) is 78.6 cm³/mol. The highest BCUT2D eigenvalue weighted by atomic mass is 32.2. The fraction of sp³-hybridized carbons (Fsp3) is 0.429. The summed E-state index contributed by atoms with van der Waals surface area (Å²) in [7, 11) is -4.05. The van der Waals surface area contributed by atoms with Gasteiger partial charge in [0.05, 0.1) is 16.4 Å². The second-order valence-corrected chi connectivity index (χ2v) is 7.44. The monoisotopic (exact) mass is 344 g/mol. The van der Waals surface area contributed by atoms with Gasteiger partial charge in [-0.15, -0.1) is 0 Å². The molecule has 1 aliphatic heterocycles. The zero-order chi connectivity index (χ0) is 17.4. The number of carboxylic acid groups (broad SMARTS) is 1. The van der Waals surface area contributed by atoms with Crippen molar-refractivity contribution in [1.82, 2.24) is 4.31 Å². The molecule has 1 aromatic carbocycles. The van der Waals surface area contributed by atoms with Crippen molar-refractivity contribution in [2.24, 2.45) is 11.7 Å². The van der Waals surface area contributed by atoms with Crippen molar-refractivity contribution >= 4 is 21.9 Å². The number of amides is 1. The number of primary amides is 1. The fourth-order valence-corrected chi connectivity index (χ4v) is 4.33. The van der Waals surface area contributed by atoms with Gasteiger partial charge in [0.15, 0.2) is 0 Å². The van der Waals surface area contributed by atoms with E-state index in [-0.39, 0.29) is 17.5 Å². The molecule has 1 aromatic rings. The molecule has 1 fully saturated rings. The number of nitrogens with zero attached hydrogens (tertiary/aromatic N) is 1. The van der Waals surface area contributed by atoms with Gasteiger partial charge in [0, 0.05) is 12.6 Å². The van der Waals surface area contributed by atoms with Gasteiger partial charge in [0.25, 0.3) is 0 Å². The number of halogens is 1. The van der Waals surface area contributed by atoms with E-state index in [1.54, 1.807) is 6.92 Å². The Balaban J connectivity index is 2.38. The molecule has 1 aliphatic rings. The van der Waals surface area contributed by atoms with Crippen molar-refractivity contribution in [3.63, 3.8) is 0 Å². The summed E-state index contributed by atoms with van der Waals surface area (Å²) in [6, 6.07) is 2.27. The van der Waals surface area contributed by atoms with Crippen LogP contribution in [0.1, 0.15) is 30.1 Å². The number of carbonyl (C=O) groups excluding carboxylic acids is 1. The molecule has 0 aliphatic carbocycles. The smallest absolute Gasteiger partial charge is 0.338 e. The Hall–Kier alpha value is -2.00. The second kappa shape index (κ2) is 6.25. The molecule has 3 N–H and O–H groups in total. The first-order valence-corrected chi connectivity index (χ1v) is 8.42. The summed E-state index contributed by atoms with van der Waals surface area (Å²) >= 11 is 0. The van der Waals surface area contributed by atoms with Crippen LogP contribution in [0.25, 0.3) is 0 Å². The van der Waals surface area contributed by atoms with Crippen LogP contribution in [0.4, 0.5) is 4.39 Å². The number of hydrogen-bond donors (Lipinski definition) is 2. The van der Waals surface area contributed by atoms with Crippen LogP contribution < -0.4 is 5.73 Å².